The summed E-state index contributed by atoms with van der Waals surface area (Å²) in [5.41, 5.74) is 0.874. The first-order valence-electron chi connectivity index (χ1n) is 5.21. The molecule has 0 fully saturated rings. The minimum Gasteiger partial charge on any atom is -0.453 e. The van der Waals surface area contributed by atoms with Crippen LogP contribution >= 0.6 is 0 Å². The van der Waals surface area contributed by atoms with Crippen LogP contribution in [0.5, 0.6) is 11.5 Å². The first-order chi connectivity index (χ1) is 9.35. The maximum Gasteiger partial charge on any atom is 0.205 e. The second kappa shape index (κ2) is 6.72. The van der Waals surface area contributed by atoms with E-state index in [1.807, 2.05) is 0 Å². The first-order valence-corrected chi connectivity index (χ1v) is 6.61. The Morgan fingerprint density at radius 2 is 1.16 bits per heavy atom. The summed E-state index contributed by atoms with van der Waals surface area (Å²) >= 11 is 0.223. The molecule has 2 rings (SSSR count). The highest BCUT2D eigenvalue weighted by molar-refractivity contribution is 7.55. The third-order valence-corrected chi connectivity index (χ3v) is 2.76. The van der Waals surface area contributed by atoms with E-state index in [1.54, 1.807) is 48.5 Å². The van der Waals surface area contributed by atoms with Crippen LogP contribution in [0.25, 0.3) is 0 Å². The molecule has 2 aromatic rings. The summed E-state index contributed by atoms with van der Waals surface area (Å²) in [6.07, 6.45) is 0. The Bertz CT molecular complexity index is 633. The summed E-state index contributed by atoms with van der Waals surface area (Å²) in [5, 5.41) is 0. The van der Waals surface area contributed by atoms with Crippen LogP contribution < -0.4 is 4.74 Å². The minimum absolute atomic E-state index is 0.111. The molecule has 0 aliphatic carbocycles. The van der Waals surface area contributed by atoms with Crippen LogP contribution in [0, 0.1) is 0 Å². The summed E-state index contributed by atoms with van der Waals surface area (Å²) in [5.74, 6) is 0.869. The average Bonchev–Trinajstić information content (AvgIpc) is 2.44. The zero-order valence-electron chi connectivity index (χ0n) is 9.55. The van der Waals surface area contributed by atoms with Gasteiger partial charge in [0.2, 0.25) is 22.9 Å². The van der Waals surface area contributed by atoms with E-state index in [9.17, 15) is 8.42 Å². The number of para-hydroxylation sites is 2. The Morgan fingerprint density at radius 3 is 1.58 bits per heavy atom. The van der Waals surface area contributed by atoms with Gasteiger partial charge in [-0.25, -0.2) is 0 Å². The maximum absolute atomic E-state index is 10.5. The monoisotopic (exact) mass is 292 g/mol. The van der Waals surface area contributed by atoms with Crippen molar-refractivity contribution in [3.05, 3.63) is 48.5 Å². The van der Waals surface area contributed by atoms with Crippen molar-refractivity contribution < 1.29 is 13.2 Å². The highest BCUT2D eigenvalue weighted by Gasteiger charge is 2.07. The summed E-state index contributed by atoms with van der Waals surface area (Å²) in [7, 11) is 0. The van der Waals surface area contributed by atoms with Crippen molar-refractivity contribution >= 4 is 34.3 Å². The predicted molar refractivity (Wildman–Crippen MR) is 73.4 cm³/mol. The fourth-order valence-electron chi connectivity index (χ4n) is 1.44. The molecule has 0 amide bonds. The van der Waals surface area contributed by atoms with Gasteiger partial charge in [-0.2, -0.15) is 17.1 Å². The number of benzene rings is 2. The third kappa shape index (κ3) is 3.43. The normalized spacial score (nSPS) is 9.47. The standard InChI is InChI=1S/C12H8N2O3S2/c15-18-13-9-5-1-3-7-11(9)17-12-8-4-2-6-10(12)14-19-16/h1-8H. The van der Waals surface area contributed by atoms with Crippen molar-refractivity contribution in [1.29, 1.82) is 0 Å². The molecule has 0 heterocycles. The number of ether oxygens (including phenoxy) is 1. The lowest BCUT2D eigenvalue weighted by atomic mass is 10.3. The molecule has 0 N–H and O–H groups in total. The second-order valence-corrected chi connectivity index (χ2v) is 4.03. The van der Waals surface area contributed by atoms with E-state index in [-0.39, 0.29) is 22.9 Å². The van der Waals surface area contributed by atoms with Gasteiger partial charge in [-0.1, -0.05) is 24.3 Å². The average molecular weight is 292 g/mol. The van der Waals surface area contributed by atoms with Gasteiger partial charge in [0, 0.05) is 0 Å². The van der Waals surface area contributed by atoms with Crippen molar-refractivity contribution in [2.45, 2.75) is 0 Å². The van der Waals surface area contributed by atoms with Gasteiger partial charge in [-0.15, -0.1) is 0 Å². The van der Waals surface area contributed by atoms with E-state index < -0.39 is 0 Å². The van der Waals surface area contributed by atoms with Gasteiger partial charge >= 0.3 is 0 Å². The fourth-order valence-corrected chi connectivity index (χ4v) is 1.90. The summed E-state index contributed by atoms with van der Waals surface area (Å²) in [6, 6.07) is 13.8. The molecule has 0 unspecified atom stereocenters. The van der Waals surface area contributed by atoms with Crippen LogP contribution in [-0.2, 0) is 22.9 Å². The highest BCUT2D eigenvalue weighted by atomic mass is 32.1. The van der Waals surface area contributed by atoms with Gasteiger partial charge in [0.05, 0.1) is 0 Å². The van der Waals surface area contributed by atoms with E-state index in [2.05, 4.69) is 8.73 Å². The molecule has 0 saturated heterocycles. The van der Waals surface area contributed by atoms with Crippen molar-refractivity contribution in [3.8, 4) is 11.5 Å². The summed E-state index contributed by atoms with van der Waals surface area (Å²) < 4.78 is 34.1. The van der Waals surface area contributed by atoms with Crippen LogP contribution in [0.2, 0.25) is 0 Å². The topological polar surface area (TPSA) is 68.1 Å². The molecule has 7 heteroatoms. The van der Waals surface area contributed by atoms with Crippen LogP contribution in [0.1, 0.15) is 0 Å². The Labute approximate surface area is 116 Å². The van der Waals surface area contributed by atoms with E-state index in [1.165, 1.54) is 0 Å². The van der Waals surface area contributed by atoms with Gasteiger partial charge in [-0.05, 0) is 24.3 Å². The van der Waals surface area contributed by atoms with Crippen molar-refractivity contribution in [2.24, 2.45) is 8.73 Å². The summed E-state index contributed by atoms with van der Waals surface area (Å²) in [6.45, 7) is 0. The number of hydrogen-bond acceptors (Lipinski definition) is 5. The van der Waals surface area contributed by atoms with E-state index >= 15 is 0 Å². The van der Waals surface area contributed by atoms with Crippen molar-refractivity contribution in [1.82, 2.24) is 0 Å². The quantitative estimate of drug-likeness (QED) is 0.865. The Balaban J connectivity index is 2.41. The van der Waals surface area contributed by atoms with Crippen molar-refractivity contribution in [3.63, 3.8) is 0 Å². The molecule has 0 spiro atoms. The molecule has 96 valence electrons. The lowest BCUT2D eigenvalue weighted by Gasteiger charge is -2.08. The van der Waals surface area contributed by atoms with Gasteiger partial charge in [0.1, 0.15) is 11.4 Å². The molecule has 0 saturated carbocycles. The first kappa shape index (κ1) is 13.3. The van der Waals surface area contributed by atoms with Gasteiger partial charge in [0.15, 0.2) is 11.5 Å². The molecule has 0 bridgehead atoms. The SMILES string of the molecule is O=S=Nc1ccccc1Oc1ccccc1N=S=O. The van der Waals surface area contributed by atoms with E-state index in [0.717, 1.165) is 0 Å². The molecule has 5 nitrogen and oxygen atoms in total. The predicted octanol–water partition coefficient (Wildman–Crippen LogP) is 3.54. The second-order valence-electron chi connectivity index (χ2n) is 3.37. The number of nitrogens with zero attached hydrogens (tertiary/aromatic N) is 2. The molecule has 0 aliphatic rings. The Morgan fingerprint density at radius 1 is 0.737 bits per heavy atom. The molecule has 0 aromatic heterocycles. The smallest absolute Gasteiger partial charge is 0.205 e. The maximum atomic E-state index is 10.5. The molecule has 19 heavy (non-hydrogen) atoms. The third-order valence-electron chi connectivity index (χ3n) is 2.22. The van der Waals surface area contributed by atoms with Crippen LogP contribution in [0.4, 0.5) is 11.4 Å². The molecule has 2 aromatic carbocycles. The van der Waals surface area contributed by atoms with E-state index in [4.69, 9.17) is 4.74 Å². The molecule has 0 atom stereocenters. The van der Waals surface area contributed by atoms with Gasteiger partial charge < -0.3 is 4.74 Å². The fraction of sp³-hybridized carbons (Fsp3) is 0. The largest absolute Gasteiger partial charge is 0.453 e. The number of hydrogen-bond donors (Lipinski definition) is 0. The van der Waals surface area contributed by atoms with Crippen LogP contribution in [-0.4, -0.2) is 8.42 Å². The zero-order chi connectivity index (χ0) is 13.5. The Hall–Kier alpha value is -2.12. The minimum atomic E-state index is 0.111. The lowest BCUT2D eigenvalue weighted by Crippen LogP contribution is -1.84. The lowest BCUT2D eigenvalue weighted by molar-refractivity contribution is 0.485. The van der Waals surface area contributed by atoms with Gasteiger partial charge in [-0.3, -0.25) is 0 Å². The number of rotatable bonds is 4. The van der Waals surface area contributed by atoms with Crippen LogP contribution in [0.15, 0.2) is 57.3 Å². The van der Waals surface area contributed by atoms with Gasteiger partial charge in [0.25, 0.3) is 0 Å². The van der Waals surface area contributed by atoms with E-state index in [0.29, 0.717) is 22.9 Å². The van der Waals surface area contributed by atoms with Crippen molar-refractivity contribution in [2.75, 3.05) is 0 Å². The van der Waals surface area contributed by atoms with Crippen LogP contribution in [0.3, 0.4) is 0 Å². The summed E-state index contributed by atoms with van der Waals surface area (Å²) in [4.78, 5) is 0. The molecule has 0 radical (unpaired) electrons. The molecule has 0 aliphatic heterocycles. The zero-order valence-corrected chi connectivity index (χ0v) is 11.2. The molecular weight excluding hydrogens is 284 g/mol. The highest BCUT2D eigenvalue weighted by Crippen LogP contribution is 2.35. The Kier molecular flexibility index (Phi) is 4.71. The molecular formula is C12H8N2O3S2.